The van der Waals surface area contributed by atoms with E-state index in [1.165, 1.54) is 11.3 Å². The van der Waals surface area contributed by atoms with E-state index in [-0.39, 0.29) is 12.5 Å². The molecule has 4 rings (SSSR count). The number of carbonyl (C=O) groups excluding carboxylic acids is 1. The number of fused-ring (bicyclic) bond motifs is 1. The van der Waals surface area contributed by atoms with Crippen LogP contribution in [0.1, 0.15) is 12.7 Å². The number of nitrogens with one attached hydrogen (secondary N) is 1. The van der Waals surface area contributed by atoms with Gasteiger partial charge in [-0.3, -0.25) is 4.79 Å². The first-order valence-electron chi connectivity index (χ1n) is 9.15. The topological polar surface area (TPSA) is 90.6 Å². The van der Waals surface area contributed by atoms with Crippen LogP contribution in [0.25, 0.3) is 15.5 Å². The Hall–Kier alpha value is -3.17. The molecule has 0 bridgehead atoms. The molecule has 0 aliphatic rings. The van der Waals surface area contributed by atoms with Crippen LogP contribution in [0, 0.1) is 0 Å². The molecule has 0 atom stereocenters. The third-order valence-electron chi connectivity index (χ3n) is 4.29. The van der Waals surface area contributed by atoms with Gasteiger partial charge in [0.1, 0.15) is 16.5 Å². The van der Waals surface area contributed by atoms with Gasteiger partial charge < -0.3 is 14.8 Å². The summed E-state index contributed by atoms with van der Waals surface area (Å²) in [6, 6.07) is 12.5. The Balaban J connectivity index is 1.54. The van der Waals surface area contributed by atoms with E-state index in [2.05, 4.69) is 20.6 Å². The molecule has 8 nitrogen and oxygen atoms in total. The van der Waals surface area contributed by atoms with Gasteiger partial charge in [0.05, 0.1) is 17.8 Å². The number of ether oxygens (including phenoxy) is 2. The molecule has 4 aromatic rings. The number of para-hydroxylation sites is 1. The maximum absolute atomic E-state index is 12.4. The summed E-state index contributed by atoms with van der Waals surface area (Å²) < 4.78 is 12.6. The molecule has 0 unspecified atom stereocenters. The van der Waals surface area contributed by atoms with Crippen molar-refractivity contribution in [3.63, 3.8) is 0 Å². The highest BCUT2D eigenvalue weighted by Crippen LogP contribution is 2.33. The Morgan fingerprint density at radius 1 is 1.20 bits per heavy atom. The van der Waals surface area contributed by atoms with Crippen LogP contribution >= 0.6 is 22.9 Å². The minimum absolute atomic E-state index is 0.187. The van der Waals surface area contributed by atoms with Crippen LogP contribution in [0.4, 0.5) is 5.69 Å². The normalized spacial score (nSPS) is 10.9. The van der Waals surface area contributed by atoms with Crippen LogP contribution in [-0.4, -0.2) is 39.4 Å². The fourth-order valence-corrected chi connectivity index (χ4v) is 3.87. The first-order chi connectivity index (χ1) is 14.6. The number of aromatic nitrogens is 4. The van der Waals surface area contributed by atoms with Crippen molar-refractivity contribution in [2.45, 2.75) is 13.3 Å². The third kappa shape index (κ3) is 4.07. The van der Waals surface area contributed by atoms with Crippen molar-refractivity contribution < 1.29 is 14.3 Å². The minimum Gasteiger partial charge on any atom is -0.495 e. The van der Waals surface area contributed by atoms with E-state index in [1.807, 2.05) is 19.1 Å². The van der Waals surface area contributed by atoms with E-state index in [9.17, 15) is 4.79 Å². The average molecular weight is 444 g/mol. The largest absolute Gasteiger partial charge is 0.495 e. The van der Waals surface area contributed by atoms with Gasteiger partial charge in [-0.2, -0.15) is 9.61 Å². The number of benzene rings is 2. The van der Waals surface area contributed by atoms with Crippen molar-refractivity contribution in [2.75, 3.05) is 19.0 Å². The minimum atomic E-state index is -0.336. The highest BCUT2D eigenvalue weighted by atomic mass is 35.5. The van der Waals surface area contributed by atoms with Gasteiger partial charge in [-0.15, -0.1) is 10.2 Å². The third-order valence-corrected chi connectivity index (χ3v) is 5.55. The van der Waals surface area contributed by atoms with E-state index in [0.29, 0.717) is 22.2 Å². The van der Waals surface area contributed by atoms with E-state index in [1.54, 1.807) is 42.0 Å². The lowest BCUT2D eigenvalue weighted by Gasteiger charge is -2.12. The molecule has 0 aliphatic carbocycles. The standard InChI is InChI=1S/C20H18ClN5O3S/c1-3-17-23-24-20-26(17)25-19(30-20)12-8-9-16(28-2)14(10-12)22-18(27)11-29-15-7-5-4-6-13(15)21/h4-10H,3,11H2,1-2H3,(H,22,27). The van der Waals surface area contributed by atoms with Crippen LogP contribution < -0.4 is 14.8 Å². The molecule has 154 valence electrons. The number of hydrogen-bond donors (Lipinski definition) is 1. The Morgan fingerprint density at radius 3 is 2.80 bits per heavy atom. The van der Waals surface area contributed by atoms with Crippen molar-refractivity contribution in [3.05, 3.63) is 53.3 Å². The van der Waals surface area contributed by atoms with Crippen molar-refractivity contribution in [3.8, 4) is 22.1 Å². The lowest BCUT2D eigenvalue weighted by Crippen LogP contribution is -2.20. The molecule has 1 N–H and O–H groups in total. The molecular weight excluding hydrogens is 426 g/mol. The van der Waals surface area contributed by atoms with Crippen LogP contribution in [0.2, 0.25) is 5.02 Å². The number of nitrogens with zero attached hydrogens (tertiary/aromatic N) is 4. The molecule has 2 aromatic heterocycles. The SMILES string of the molecule is CCc1nnc2sc(-c3ccc(OC)c(NC(=O)COc4ccccc4Cl)c3)nn12. The number of methoxy groups -OCH3 is 1. The Kier molecular flexibility index (Phi) is 5.82. The van der Waals surface area contributed by atoms with E-state index < -0.39 is 0 Å². The highest BCUT2D eigenvalue weighted by Gasteiger charge is 2.15. The second-order valence-corrected chi connectivity index (χ2v) is 7.62. The van der Waals surface area contributed by atoms with Gasteiger partial charge >= 0.3 is 0 Å². The maximum atomic E-state index is 12.4. The number of halogens is 1. The summed E-state index contributed by atoms with van der Waals surface area (Å²) in [4.78, 5) is 13.1. The first-order valence-corrected chi connectivity index (χ1v) is 10.3. The molecule has 1 amide bonds. The fraction of sp³-hybridized carbons (Fsp3) is 0.200. The number of aryl methyl sites for hydroxylation is 1. The van der Waals surface area contributed by atoms with Crippen LogP contribution in [0.3, 0.4) is 0 Å². The molecular formula is C20H18ClN5O3S. The first kappa shape index (κ1) is 20.1. The van der Waals surface area contributed by atoms with E-state index in [0.717, 1.165) is 27.8 Å². The molecule has 2 heterocycles. The van der Waals surface area contributed by atoms with Gasteiger partial charge in [-0.25, -0.2) is 0 Å². The van der Waals surface area contributed by atoms with Crippen LogP contribution in [-0.2, 0) is 11.2 Å². The average Bonchev–Trinajstić information content (AvgIpc) is 3.34. The summed E-state index contributed by atoms with van der Waals surface area (Å²) in [6.45, 7) is 1.81. The summed E-state index contributed by atoms with van der Waals surface area (Å²) >= 11 is 7.48. The Bertz CT molecular complexity index is 1210. The van der Waals surface area contributed by atoms with Gasteiger partial charge in [0.2, 0.25) is 4.96 Å². The number of amides is 1. The summed E-state index contributed by atoms with van der Waals surface area (Å²) in [5.41, 5.74) is 1.35. The summed E-state index contributed by atoms with van der Waals surface area (Å²) in [6.07, 6.45) is 0.736. The molecule has 10 heteroatoms. The molecule has 0 saturated carbocycles. The van der Waals surface area contributed by atoms with Crippen molar-refractivity contribution in [1.82, 2.24) is 19.8 Å². The second-order valence-electron chi connectivity index (χ2n) is 6.25. The molecule has 0 radical (unpaired) electrons. The molecule has 0 fully saturated rings. The summed E-state index contributed by atoms with van der Waals surface area (Å²) in [7, 11) is 1.54. The van der Waals surface area contributed by atoms with Crippen molar-refractivity contribution in [2.24, 2.45) is 0 Å². The monoisotopic (exact) mass is 443 g/mol. The predicted molar refractivity (Wildman–Crippen MR) is 116 cm³/mol. The number of carbonyl (C=O) groups is 1. The van der Waals surface area contributed by atoms with Crippen LogP contribution in [0.5, 0.6) is 11.5 Å². The zero-order valence-electron chi connectivity index (χ0n) is 16.3. The Morgan fingerprint density at radius 2 is 2.03 bits per heavy atom. The molecule has 0 saturated heterocycles. The van der Waals surface area contributed by atoms with Gasteiger partial charge in [-0.05, 0) is 30.3 Å². The van der Waals surface area contributed by atoms with E-state index in [4.69, 9.17) is 21.1 Å². The van der Waals surface area contributed by atoms with Gasteiger partial charge in [0.25, 0.3) is 5.91 Å². The highest BCUT2D eigenvalue weighted by molar-refractivity contribution is 7.19. The van der Waals surface area contributed by atoms with Crippen molar-refractivity contribution >= 4 is 39.5 Å². The van der Waals surface area contributed by atoms with E-state index >= 15 is 0 Å². The lowest BCUT2D eigenvalue weighted by atomic mass is 10.2. The fourth-order valence-electron chi connectivity index (χ4n) is 2.82. The van der Waals surface area contributed by atoms with Gasteiger partial charge in [0.15, 0.2) is 12.4 Å². The number of hydrogen-bond acceptors (Lipinski definition) is 7. The molecule has 30 heavy (non-hydrogen) atoms. The Labute approximate surface area is 181 Å². The molecule has 0 aliphatic heterocycles. The quantitative estimate of drug-likeness (QED) is 0.462. The lowest BCUT2D eigenvalue weighted by molar-refractivity contribution is -0.118. The predicted octanol–water partition coefficient (Wildman–Crippen LogP) is 4.09. The molecule has 2 aromatic carbocycles. The smallest absolute Gasteiger partial charge is 0.262 e. The number of anilines is 1. The van der Waals surface area contributed by atoms with Crippen LogP contribution in [0.15, 0.2) is 42.5 Å². The van der Waals surface area contributed by atoms with Crippen molar-refractivity contribution in [1.29, 1.82) is 0 Å². The van der Waals surface area contributed by atoms with Gasteiger partial charge in [-0.1, -0.05) is 42.0 Å². The van der Waals surface area contributed by atoms with Gasteiger partial charge in [0, 0.05) is 12.0 Å². The summed E-state index contributed by atoms with van der Waals surface area (Å²) in [5.74, 6) is 1.44. The summed E-state index contributed by atoms with van der Waals surface area (Å²) in [5, 5.41) is 16.9. The number of rotatable bonds is 7. The zero-order chi connectivity index (χ0) is 21.1. The zero-order valence-corrected chi connectivity index (χ0v) is 17.8. The maximum Gasteiger partial charge on any atom is 0.262 e. The second kappa shape index (κ2) is 8.68. The molecule has 0 spiro atoms.